The third kappa shape index (κ3) is 8.19. The normalized spacial score (nSPS) is 13.0. The zero-order chi connectivity index (χ0) is 18.1. The van der Waals surface area contributed by atoms with Gasteiger partial charge < -0.3 is 15.4 Å². The van der Waals surface area contributed by atoms with Crippen molar-refractivity contribution < 1.29 is 17.9 Å². The Morgan fingerprint density at radius 3 is 2.38 bits per heavy atom. The summed E-state index contributed by atoms with van der Waals surface area (Å²) in [5, 5.41) is 6.31. The molecule has 0 fully saturated rings. The summed E-state index contributed by atoms with van der Waals surface area (Å²) in [5.74, 6) is 0.620. The van der Waals surface area contributed by atoms with Crippen molar-refractivity contribution in [2.45, 2.75) is 31.9 Å². The van der Waals surface area contributed by atoms with Gasteiger partial charge >= 0.3 is 6.18 Å². The van der Waals surface area contributed by atoms with E-state index in [-0.39, 0.29) is 12.0 Å². The summed E-state index contributed by atoms with van der Waals surface area (Å²) in [6.07, 6.45) is -3.80. The molecule has 4 nitrogen and oxygen atoms in total. The highest BCUT2D eigenvalue weighted by Crippen LogP contribution is 2.21. The molecule has 0 bridgehead atoms. The summed E-state index contributed by atoms with van der Waals surface area (Å²) in [4.78, 5) is 4.12. The molecule has 1 aromatic carbocycles. The van der Waals surface area contributed by atoms with E-state index in [0.717, 1.165) is 0 Å². The molecule has 0 amide bonds. The van der Waals surface area contributed by atoms with E-state index in [0.29, 0.717) is 25.5 Å². The zero-order valence-corrected chi connectivity index (χ0v) is 14.4. The van der Waals surface area contributed by atoms with Crippen molar-refractivity contribution in [2.24, 2.45) is 4.99 Å². The maximum Gasteiger partial charge on any atom is 0.411 e. The maximum atomic E-state index is 11.9. The number of ether oxygens (including phenoxy) is 1. The van der Waals surface area contributed by atoms with Gasteiger partial charge in [-0.05, 0) is 12.0 Å². The van der Waals surface area contributed by atoms with E-state index in [4.69, 9.17) is 0 Å². The largest absolute Gasteiger partial charge is 0.411 e. The molecular weight excluding hydrogens is 319 g/mol. The molecule has 136 valence electrons. The quantitative estimate of drug-likeness (QED) is 0.432. The van der Waals surface area contributed by atoms with E-state index in [2.05, 4.69) is 46.3 Å². The third-order valence-electron chi connectivity index (χ3n) is 3.50. The SMILES string of the molecule is CN=C(NCCCOCC(F)(F)F)NCC(C)(C)c1ccccc1. The van der Waals surface area contributed by atoms with Crippen molar-refractivity contribution in [1.82, 2.24) is 10.6 Å². The standard InChI is InChI=1S/C17H26F3N3O/c1-16(2,14-8-5-4-6-9-14)12-23-15(21-3)22-10-7-11-24-13-17(18,19)20/h4-6,8-9H,7,10-13H2,1-3H3,(H2,21,22,23). The second kappa shape index (κ2) is 9.52. The van der Waals surface area contributed by atoms with Gasteiger partial charge in [-0.15, -0.1) is 0 Å². The van der Waals surface area contributed by atoms with E-state index >= 15 is 0 Å². The van der Waals surface area contributed by atoms with Crippen LogP contribution in [0.1, 0.15) is 25.8 Å². The minimum atomic E-state index is -4.27. The van der Waals surface area contributed by atoms with Gasteiger partial charge in [0.1, 0.15) is 6.61 Å². The van der Waals surface area contributed by atoms with Crippen LogP contribution in [0, 0.1) is 0 Å². The number of nitrogens with one attached hydrogen (secondary N) is 2. The number of rotatable bonds is 8. The first-order chi connectivity index (χ1) is 11.2. The van der Waals surface area contributed by atoms with Gasteiger partial charge in [0.2, 0.25) is 0 Å². The van der Waals surface area contributed by atoms with Crippen LogP contribution in [0.25, 0.3) is 0 Å². The first kappa shape index (κ1) is 20.3. The number of hydrogen-bond acceptors (Lipinski definition) is 2. The zero-order valence-electron chi connectivity index (χ0n) is 14.4. The Balaban J connectivity index is 2.28. The third-order valence-corrected chi connectivity index (χ3v) is 3.50. The number of aliphatic imine (C=N–C) groups is 1. The van der Waals surface area contributed by atoms with Gasteiger partial charge in [-0.1, -0.05) is 44.2 Å². The molecule has 2 N–H and O–H groups in total. The summed E-state index contributed by atoms with van der Waals surface area (Å²) in [6, 6.07) is 10.1. The van der Waals surface area contributed by atoms with Crippen LogP contribution in [-0.2, 0) is 10.2 Å². The fraction of sp³-hybridized carbons (Fsp3) is 0.588. The van der Waals surface area contributed by atoms with Crippen molar-refractivity contribution in [2.75, 3.05) is 33.4 Å². The number of hydrogen-bond donors (Lipinski definition) is 2. The lowest BCUT2D eigenvalue weighted by Crippen LogP contribution is -2.43. The highest BCUT2D eigenvalue weighted by molar-refractivity contribution is 5.79. The second-order valence-electron chi connectivity index (χ2n) is 6.12. The summed E-state index contributed by atoms with van der Waals surface area (Å²) in [7, 11) is 1.66. The summed E-state index contributed by atoms with van der Waals surface area (Å²) >= 11 is 0. The van der Waals surface area contributed by atoms with Crippen LogP contribution in [-0.4, -0.2) is 45.5 Å². The van der Waals surface area contributed by atoms with Crippen molar-refractivity contribution in [3.8, 4) is 0 Å². The molecule has 0 heterocycles. The Hall–Kier alpha value is -1.76. The Morgan fingerprint density at radius 2 is 1.79 bits per heavy atom. The Kier molecular flexibility index (Phi) is 8.04. The highest BCUT2D eigenvalue weighted by atomic mass is 19.4. The van der Waals surface area contributed by atoms with E-state index < -0.39 is 12.8 Å². The molecule has 0 saturated carbocycles. The Bertz CT molecular complexity index is 502. The van der Waals surface area contributed by atoms with Crippen LogP contribution < -0.4 is 10.6 Å². The van der Waals surface area contributed by atoms with Crippen molar-refractivity contribution in [1.29, 1.82) is 0 Å². The molecule has 0 spiro atoms. The number of benzene rings is 1. The molecule has 0 aliphatic rings. The van der Waals surface area contributed by atoms with Crippen LogP contribution in [0.15, 0.2) is 35.3 Å². The summed E-state index contributed by atoms with van der Waals surface area (Å²) in [5.41, 5.74) is 1.14. The number of halogens is 3. The molecule has 0 aliphatic heterocycles. The monoisotopic (exact) mass is 345 g/mol. The van der Waals surface area contributed by atoms with Crippen molar-refractivity contribution >= 4 is 5.96 Å². The maximum absolute atomic E-state index is 11.9. The molecule has 0 aliphatic carbocycles. The van der Waals surface area contributed by atoms with Crippen LogP contribution in [0.4, 0.5) is 13.2 Å². The molecule has 7 heteroatoms. The molecule has 24 heavy (non-hydrogen) atoms. The lowest BCUT2D eigenvalue weighted by molar-refractivity contribution is -0.173. The van der Waals surface area contributed by atoms with E-state index in [9.17, 15) is 13.2 Å². The lowest BCUT2D eigenvalue weighted by atomic mass is 9.85. The van der Waals surface area contributed by atoms with Gasteiger partial charge in [0.05, 0.1) is 0 Å². The minimum Gasteiger partial charge on any atom is -0.372 e. The first-order valence-corrected chi connectivity index (χ1v) is 7.89. The molecule has 1 aromatic rings. The number of guanidine groups is 1. The molecular formula is C17H26F3N3O. The van der Waals surface area contributed by atoms with Gasteiger partial charge in [0.25, 0.3) is 0 Å². The Labute approximate surface area is 141 Å². The average molecular weight is 345 g/mol. The first-order valence-electron chi connectivity index (χ1n) is 7.89. The van der Waals surface area contributed by atoms with Crippen LogP contribution in [0.2, 0.25) is 0 Å². The number of nitrogens with zero attached hydrogens (tertiary/aromatic N) is 1. The molecule has 0 saturated heterocycles. The molecule has 0 aromatic heterocycles. The second-order valence-corrected chi connectivity index (χ2v) is 6.12. The fourth-order valence-corrected chi connectivity index (χ4v) is 2.09. The van der Waals surface area contributed by atoms with Crippen LogP contribution >= 0.6 is 0 Å². The van der Waals surface area contributed by atoms with Gasteiger partial charge in [-0.2, -0.15) is 13.2 Å². The fourth-order valence-electron chi connectivity index (χ4n) is 2.09. The summed E-state index contributed by atoms with van der Waals surface area (Å²) in [6.45, 7) is 4.29. The highest BCUT2D eigenvalue weighted by Gasteiger charge is 2.27. The summed E-state index contributed by atoms with van der Waals surface area (Å²) < 4.78 is 40.4. The smallest absolute Gasteiger partial charge is 0.372 e. The predicted octanol–water partition coefficient (Wildman–Crippen LogP) is 3.10. The number of alkyl halides is 3. The van der Waals surface area contributed by atoms with Crippen molar-refractivity contribution in [3.05, 3.63) is 35.9 Å². The van der Waals surface area contributed by atoms with Gasteiger partial charge in [0.15, 0.2) is 5.96 Å². The molecule has 0 radical (unpaired) electrons. The predicted molar refractivity (Wildman–Crippen MR) is 90.3 cm³/mol. The van der Waals surface area contributed by atoms with E-state index in [1.54, 1.807) is 7.05 Å². The Morgan fingerprint density at radius 1 is 1.12 bits per heavy atom. The average Bonchev–Trinajstić information content (AvgIpc) is 2.53. The molecule has 1 rings (SSSR count). The minimum absolute atomic E-state index is 0.0546. The lowest BCUT2D eigenvalue weighted by Gasteiger charge is -2.26. The van der Waals surface area contributed by atoms with Gasteiger partial charge in [-0.25, -0.2) is 0 Å². The van der Waals surface area contributed by atoms with Crippen LogP contribution in [0.3, 0.4) is 0 Å². The van der Waals surface area contributed by atoms with Crippen molar-refractivity contribution in [3.63, 3.8) is 0 Å². The van der Waals surface area contributed by atoms with E-state index in [1.807, 2.05) is 18.2 Å². The van der Waals surface area contributed by atoms with Crippen LogP contribution in [0.5, 0.6) is 0 Å². The molecule has 0 atom stereocenters. The van der Waals surface area contributed by atoms with Gasteiger partial charge in [-0.3, -0.25) is 4.99 Å². The van der Waals surface area contributed by atoms with Gasteiger partial charge in [0, 0.05) is 32.2 Å². The molecule has 0 unspecified atom stereocenters. The van der Waals surface area contributed by atoms with E-state index in [1.165, 1.54) is 5.56 Å². The topological polar surface area (TPSA) is 45.7 Å².